The van der Waals surface area contributed by atoms with E-state index in [-0.39, 0.29) is 5.41 Å². The minimum Gasteiger partial charge on any atom is -0.310 e. The number of anilines is 3. The maximum absolute atomic E-state index is 5.24. The highest BCUT2D eigenvalue weighted by Gasteiger charge is 2.46. The fourth-order valence-corrected chi connectivity index (χ4v) is 10.8. The highest BCUT2D eigenvalue weighted by molar-refractivity contribution is 5.94. The second kappa shape index (κ2) is 14.4. The van der Waals surface area contributed by atoms with E-state index in [1.165, 1.54) is 55.6 Å². The number of hydrogen-bond donors (Lipinski definition) is 0. The first-order valence-corrected chi connectivity index (χ1v) is 22.0. The molecule has 0 unspecified atom stereocenters. The number of benzene rings is 9. The summed E-state index contributed by atoms with van der Waals surface area (Å²) in [6.45, 7) is 4.73. The highest BCUT2D eigenvalue weighted by Crippen LogP contribution is 2.58. The number of aromatic nitrogens is 1. The molecule has 9 aromatic carbocycles. The quantitative estimate of drug-likeness (QED) is 0.160. The Morgan fingerprint density at radius 3 is 1.51 bits per heavy atom. The van der Waals surface area contributed by atoms with Gasteiger partial charge in [-0.1, -0.05) is 196 Å². The standard InChI is InChI=1S/C61H44N2/c1-60(2)54-27-15-13-25-49(54)51-36-34-47(39-56(51)60)63(46-32-30-41(31-33-46)53-38-43-20-12-17-29-58(43)62-59(53)42-18-6-3-7-19-42)48-35-37-52-50-26-14-16-28-55(50)61(57(52)40-48,44-21-8-4-9-22-44)45-23-10-5-11-24-45/h3-40H,1-2H3. The lowest BCUT2D eigenvalue weighted by atomic mass is 9.67. The van der Waals surface area contributed by atoms with Gasteiger partial charge in [0.25, 0.3) is 0 Å². The Balaban J connectivity index is 1.07. The summed E-state index contributed by atoms with van der Waals surface area (Å²) < 4.78 is 0. The summed E-state index contributed by atoms with van der Waals surface area (Å²) in [6.07, 6.45) is 0. The molecule has 2 aliphatic carbocycles. The third kappa shape index (κ3) is 5.68. The van der Waals surface area contributed by atoms with Crippen molar-refractivity contribution >= 4 is 28.0 Å². The average Bonchev–Trinajstić information content (AvgIpc) is 3.77. The monoisotopic (exact) mass is 804 g/mol. The van der Waals surface area contributed by atoms with E-state index in [0.29, 0.717) is 0 Å². The Bertz CT molecular complexity index is 3310. The molecule has 2 aliphatic rings. The van der Waals surface area contributed by atoms with E-state index in [0.717, 1.165) is 50.3 Å². The van der Waals surface area contributed by atoms with Crippen molar-refractivity contribution in [1.82, 2.24) is 4.98 Å². The van der Waals surface area contributed by atoms with Gasteiger partial charge in [0.15, 0.2) is 0 Å². The summed E-state index contributed by atoms with van der Waals surface area (Å²) in [6, 6.07) is 84.7. The molecule has 0 spiro atoms. The smallest absolute Gasteiger partial charge is 0.0788 e. The molecule has 0 aliphatic heterocycles. The lowest BCUT2D eigenvalue weighted by molar-refractivity contribution is 0.660. The number of pyridine rings is 1. The average molecular weight is 805 g/mol. The van der Waals surface area contributed by atoms with Crippen molar-refractivity contribution < 1.29 is 0 Å². The molecule has 0 radical (unpaired) electrons. The second-order valence-corrected chi connectivity index (χ2v) is 17.5. The minimum absolute atomic E-state index is 0.149. The first-order valence-electron chi connectivity index (χ1n) is 22.0. The summed E-state index contributed by atoms with van der Waals surface area (Å²) in [4.78, 5) is 7.70. The van der Waals surface area contributed by atoms with Crippen LogP contribution in [0.3, 0.4) is 0 Å². The van der Waals surface area contributed by atoms with Gasteiger partial charge in [-0.15, -0.1) is 0 Å². The van der Waals surface area contributed by atoms with Gasteiger partial charge in [-0.2, -0.15) is 0 Å². The lowest BCUT2D eigenvalue weighted by Gasteiger charge is -2.35. The van der Waals surface area contributed by atoms with Crippen LogP contribution < -0.4 is 4.90 Å². The van der Waals surface area contributed by atoms with E-state index in [9.17, 15) is 0 Å². The maximum Gasteiger partial charge on any atom is 0.0788 e. The molecule has 0 saturated carbocycles. The lowest BCUT2D eigenvalue weighted by Crippen LogP contribution is -2.28. The van der Waals surface area contributed by atoms with Crippen LogP contribution in [0.2, 0.25) is 0 Å². The van der Waals surface area contributed by atoms with Crippen molar-refractivity contribution in [2.75, 3.05) is 4.90 Å². The van der Waals surface area contributed by atoms with Crippen molar-refractivity contribution in [2.45, 2.75) is 24.7 Å². The third-order valence-corrected chi connectivity index (χ3v) is 13.7. The zero-order valence-electron chi connectivity index (χ0n) is 35.3. The largest absolute Gasteiger partial charge is 0.310 e. The zero-order chi connectivity index (χ0) is 42.1. The second-order valence-electron chi connectivity index (χ2n) is 17.5. The molecule has 0 bridgehead atoms. The van der Waals surface area contributed by atoms with Gasteiger partial charge in [-0.3, -0.25) is 0 Å². The topological polar surface area (TPSA) is 16.1 Å². The third-order valence-electron chi connectivity index (χ3n) is 13.7. The predicted molar refractivity (Wildman–Crippen MR) is 262 cm³/mol. The Hall–Kier alpha value is -7.81. The van der Waals surface area contributed by atoms with Gasteiger partial charge in [0.2, 0.25) is 0 Å². The van der Waals surface area contributed by atoms with Crippen molar-refractivity contribution in [3.05, 3.63) is 264 Å². The van der Waals surface area contributed by atoms with Crippen LogP contribution in [0.4, 0.5) is 17.1 Å². The molecule has 0 amide bonds. The van der Waals surface area contributed by atoms with Crippen molar-refractivity contribution in [1.29, 1.82) is 0 Å². The summed E-state index contributed by atoms with van der Waals surface area (Å²) in [5, 5.41) is 1.12. The minimum atomic E-state index is -0.515. The zero-order valence-corrected chi connectivity index (χ0v) is 35.3. The number of rotatable bonds is 7. The molecule has 2 nitrogen and oxygen atoms in total. The molecule has 1 heterocycles. The van der Waals surface area contributed by atoms with E-state index >= 15 is 0 Å². The SMILES string of the molecule is CC1(C)c2ccccc2-c2ccc(N(c3ccc(-c4cc5ccccc5nc4-c4ccccc4)cc3)c3ccc4c(c3)C(c3ccccc3)(c3ccccc3)c3ccccc3-4)cc21. The van der Waals surface area contributed by atoms with E-state index in [2.05, 4.69) is 249 Å². The molecule has 12 rings (SSSR count). The fraction of sp³-hybridized carbons (Fsp3) is 0.0656. The van der Waals surface area contributed by atoms with Crippen LogP contribution in [-0.2, 0) is 10.8 Å². The van der Waals surface area contributed by atoms with E-state index in [1.54, 1.807) is 0 Å². The molecule has 63 heavy (non-hydrogen) atoms. The molecule has 0 saturated heterocycles. The molecular formula is C61H44N2. The summed E-state index contributed by atoms with van der Waals surface area (Å²) in [5.41, 5.74) is 20.9. The molecule has 298 valence electrons. The molecule has 1 aromatic heterocycles. The van der Waals surface area contributed by atoms with Crippen LogP contribution >= 0.6 is 0 Å². The van der Waals surface area contributed by atoms with E-state index in [1.807, 2.05) is 0 Å². The number of para-hydroxylation sites is 1. The van der Waals surface area contributed by atoms with Gasteiger partial charge >= 0.3 is 0 Å². The first kappa shape index (κ1) is 37.0. The molecule has 10 aromatic rings. The van der Waals surface area contributed by atoms with Crippen LogP contribution in [0.5, 0.6) is 0 Å². The van der Waals surface area contributed by atoms with Crippen LogP contribution in [0.1, 0.15) is 47.2 Å². The Morgan fingerprint density at radius 1 is 0.349 bits per heavy atom. The summed E-state index contributed by atoms with van der Waals surface area (Å²) >= 11 is 0. The van der Waals surface area contributed by atoms with E-state index in [4.69, 9.17) is 4.98 Å². The molecule has 0 atom stereocenters. The number of nitrogens with zero attached hydrogens (tertiary/aromatic N) is 2. The van der Waals surface area contributed by atoms with Gasteiger partial charge in [-0.05, 0) is 110 Å². The summed E-state index contributed by atoms with van der Waals surface area (Å²) in [5.74, 6) is 0. The van der Waals surface area contributed by atoms with Crippen LogP contribution in [-0.4, -0.2) is 4.98 Å². The van der Waals surface area contributed by atoms with Gasteiger partial charge < -0.3 is 4.90 Å². The Morgan fingerprint density at radius 2 is 0.841 bits per heavy atom. The van der Waals surface area contributed by atoms with Crippen molar-refractivity contribution in [3.63, 3.8) is 0 Å². The van der Waals surface area contributed by atoms with Gasteiger partial charge in [-0.25, -0.2) is 4.98 Å². The fourth-order valence-electron chi connectivity index (χ4n) is 10.8. The van der Waals surface area contributed by atoms with Crippen LogP contribution in [0.15, 0.2) is 231 Å². The molecule has 2 heteroatoms. The predicted octanol–water partition coefficient (Wildman–Crippen LogP) is 15.7. The van der Waals surface area contributed by atoms with Gasteiger partial charge in [0, 0.05) is 39.0 Å². The van der Waals surface area contributed by atoms with Crippen LogP contribution in [0, 0.1) is 0 Å². The Labute approximate surface area is 369 Å². The molecule has 0 N–H and O–H groups in total. The van der Waals surface area contributed by atoms with Gasteiger partial charge in [0.1, 0.15) is 0 Å². The highest BCUT2D eigenvalue weighted by atomic mass is 15.1. The number of hydrogen-bond acceptors (Lipinski definition) is 2. The normalized spacial score (nSPS) is 13.8. The molecule has 0 fully saturated rings. The molecular weight excluding hydrogens is 761 g/mol. The van der Waals surface area contributed by atoms with Crippen molar-refractivity contribution in [3.8, 4) is 44.6 Å². The summed E-state index contributed by atoms with van der Waals surface area (Å²) in [7, 11) is 0. The first-order chi connectivity index (χ1) is 31.0. The van der Waals surface area contributed by atoms with Crippen LogP contribution in [0.25, 0.3) is 55.5 Å². The van der Waals surface area contributed by atoms with E-state index < -0.39 is 5.41 Å². The maximum atomic E-state index is 5.24. The van der Waals surface area contributed by atoms with Crippen molar-refractivity contribution in [2.24, 2.45) is 0 Å². The van der Waals surface area contributed by atoms with Gasteiger partial charge in [0.05, 0.1) is 16.6 Å². The Kier molecular flexibility index (Phi) is 8.45. The number of fused-ring (bicyclic) bond motifs is 7.